The Bertz CT molecular complexity index is 493. The summed E-state index contributed by atoms with van der Waals surface area (Å²) in [6.07, 6.45) is 15.0. The zero-order valence-electron chi connectivity index (χ0n) is 18.2. The van der Waals surface area contributed by atoms with Crippen LogP contribution in [-0.4, -0.2) is 6.61 Å². The van der Waals surface area contributed by atoms with E-state index in [4.69, 9.17) is 9.05 Å². The fourth-order valence-electron chi connectivity index (χ4n) is 3.18. The molecule has 0 saturated heterocycles. The molecule has 0 N–H and O–H groups in total. The van der Waals surface area contributed by atoms with Gasteiger partial charge >= 0.3 is 8.25 Å². The van der Waals surface area contributed by atoms with Crippen LogP contribution in [0.15, 0.2) is 24.3 Å². The summed E-state index contributed by atoms with van der Waals surface area (Å²) >= 11 is 0. The molecule has 0 amide bonds. The Balaban J connectivity index is 0.00000729. The fraction of sp³-hybridized carbons (Fsp3) is 0.739. The number of unbranched alkanes of at least 4 members (excludes halogenated alkanes) is 7. The maximum absolute atomic E-state index is 12.0. The molecule has 5 heteroatoms. The van der Waals surface area contributed by atoms with E-state index in [1.807, 2.05) is 12.1 Å². The number of benzene rings is 1. The monoisotopic (exact) mass is 447 g/mol. The predicted molar refractivity (Wildman–Crippen MR) is 116 cm³/mol. The third kappa shape index (κ3) is 13.7. The zero-order valence-corrected chi connectivity index (χ0v) is 20.3. The average molecular weight is 448 g/mol. The largest absolute Gasteiger partial charge is 0.750 e. The molecule has 2 atom stereocenters. The van der Waals surface area contributed by atoms with Crippen LogP contribution in [0, 0.1) is 5.92 Å². The van der Waals surface area contributed by atoms with Gasteiger partial charge in [-0.05, 0) is 42.9 Å². The van der Waals surface area contributed by atoms with Crippen LogP contribution in [0.5, 0.6) is 5.75 Å². The zero-order chi connectivity index (χ0) is 19.7. The van der Waals surface area contributed by atoms with E-state index >= 15 is 0 Å². The summed E-state index contributed by atoms with van der Waals surface area (Å²) in [5.41, 5.74) is 1.32. The Hall–Kier alpha value is -0.388. The standard InChI is InChI=1S/C23H40O3P.Cr/c1-4-7-9-10-11-12-13-15-22-16-18-23(19-17-22)26-27(24)25-20-21(6-3)14-8-5-2;/h16-19,21H,4-15,20H2,1-3H3;/q+1;. The van der Waals surface area contributed by atoms with Crippen LogP contribution >= 0.6 is 8.25 Å². The van der Waals surface area contributed by atoms with E-state index in [-0.39, 0.29) is 17.4 Å². The van der Waals surface area contributed by atoms with Crippen molar-refractivity contribution in [2.24, 2.45) is 5.92 Å². The Morgan fingerprint density at radius 1 is 0.857 bits per heavy atom. The van der Waals surface area contributed by atoms with Gasteiger partial charge in [0, 0.05) is 21.9 Å². The average Bonchev–Trinajstić information content (AvgIpc) is 2.68. The van der Waals surface area contributed by atoms with Crippen molar-refractivity contribution in [2.45, 2.75) is 97.8 Å². The molecule has 0 aliphatic rings. The maximum Gasteiger partial charge on any atom is 0.750 e. The first-order chi connectivity index (χ1) is 13.2. The van der Waals surface area contributed by atoms with Crippen molar-refractivity contribution in [3.8, 4) is 5.75 Å². The van der Waals surface area contributed by atoms with Gasteiger partial charge in [-0.15, -0.1) is 4.52 Å². The summed E-state index contributed by atoms with van der Waals surface area (Å²) < 4.78 is 22.9. The molecule has 160 valence electrons. The fourth-order valence-corrected chi connectivity index (χ4v) is 3.86. The molecule has 0 bridgehead atoms. The Morgan fingerprint density at radius 3 is 2.07 bits per heavy atom. The van der Waals surface area contributed by atoms with E-state index in [0.29, 0.717) is 18.3 Å². The van der Waals surface area contributed by atoms with Crippen molar-refractivity contribution >= 4 is 8.25 Å². The normalized spacial score (nSPS) is 12.3. The number of hydrogen-bond acceptors (Lipinski definition) is 3. The molecule has 0 heterocycles. The molecule has 0 aliphatic heterocycles. The second kappa shape index (κ2) is 18.6. The molecule has 0 radical (unpaired) electrons. The van der Waals surface area contributed by atoms with Gasteiger partial charge in [-0.25, -0.2) is 4.52 Å². The number of hydrogen-bond donors (Lipinski definition) is 0. The summed E-state index contributed by atoms with van der Waals surface area (Å²) in [7, 11) is -2.09. The quantitative estimate of drug-likeness (QED) is 0.178. The molecule has 1 aromatic carbocycles. The van der Waals surface area contributed by atoms with Crippen LogP contribution in [0.2, 0.25) is 0 Å². The third-order valence-corrected chi connectivity index (χ3v) is 5.85. The second-order valence-electron chi connectivity index (χ2n) is 7.54. The van der Waals surface area contributed by atoms with Gasteiger partial charge in [0.2, 0.25) is 0 Å². The van der Waals surface area contributed by atoms with Crippen LogP contribution < -0.4 is 4.52 Å². The van der Waals surface area contributed by atoms with E-state index in [0.717, 1.165) is 19.3 Å². The van der Waals surface area contributed by atoms with E-state index in [2.05, 4.69) is 32.9 Å². The van der Waals surface area contributed by atoms with Gasteiger partial charge in [0.15, 0.2) is 5.75 Å². The van der Waals surface area contributed by atoms with Crippen molar-refractivity contribution in [3.05, 3.63) is 29.8 Å². The van der Waals surface area contributed by atoms with Crippen LogP contribution in [0.4, 0.5) is 0 Å². The number of rotatable bonds is 17. The van der Waals surface area contributed by atoms with Crippen molar-refractivity contribution < 1.29 is 31.0 Å². The van der Waals surface area contributed by atoms with Gasteiger partial charge in [-0.2, -0.15) is 0 Å². The summed E-state index contributed by atoms with van der Waals surface area (Å²) in [5, 5.41) is 0. The molecule has 0 saturated carbocycles. The third-order valence-electron chi connectivity index (χ3n) is 5.13. The van der Waals surface area contributed by atoms with Crippen molar-refractivity contribution in [2.75, 3.05) is 6.61 Å². The summed E-state index contributed by atoms with van der Waals surface area (Å²) in [4.78, 5) is 0. The molecule has 28 heavy (non-hydrogen) atoms. The van der Waals surface area contributed by atoms with Gasteiger partial charge < -0.3 is 0 Å². The second-order valence-corrected chi connectivity index (χ2v) is 8.43. The first-order valence-electron chi connectivity index (χ1n) is 11.1. The van der Waals surface area contributed by atoms with E-state index < -0.39 is 8.25 Å². The van der Waals surface area contributed by atoms with Crippen LogP contribution in [-0.2, 0) is 32.9 Å². The first kappa shape index (κ1) is 27.6. The van der Waals surface area contributed by atoms with Crippen molar-refractivity contribution in [1.29, 1.82) is 0 Å². The molecule has 3 nitrogen and oxygen atoms in total. The van der Waals surface area contributed by atoms with Gasteiger partial charge in [0.25, 0.3) is 0 Å². The molecule has 1 rings (SSSR count). The summed E-state index contributed by atoms with van der Waals surface area (Å²) in [6, 6.07) is 7.96. The molecule has 0 spiro atoms. The minimum Gasteiger partial charge on any atom is -0.229 e. The van der Waals surface area contributed by atoms with Crippen LogP contribution in [0.1, 0.15) is 97.0 Å². The molecular weight excluding hydrogens is 407 g/mol. The Labute approximate surface area is 185 Å². The van der Waals surface area contributed by atoms with Gasteiger partial charge in [-0.1, -0.05) is 90.7 Å². The Kier molecular flexibility index (Phi) is 18.4. The van der Waals surface area contributed by atoms with E-state index in [9.17, 15) is 4.57 Å². The maximum atomic E-state index is 12.0. The molecule has 1 aromatic rings. The topological polar surface area (TPSA) is 35.5 Å². The first-order valence-corrected chi connectivity index (χ1v) is 12.2. The Morgan fingerprint density at radius 2 is 1.46 bits per heavy atom. The van der Waals surface area contributed by atoms with Gasteiger partial charge in [0.05, 0.1) is 0 Å². The summed E-state index contributed by atoms with van der Waals surface area (Å²) in [6.45, 7) is 7.11. The van der Waals surface area contributed by atoms with Crippen LogP contribution in [0.3, 0.4) is 0 Å². The molecular formula is C23H40CrO3P+. The minimum atomic E-state index is -2.09. The van der Waals surface area contributed by atoms with E-state index in [1.165, 1.54) is 63.4 Å². The number of aryl methyl sites for hydroxylation is 1. The van der Waals surface area contributed by atoms with Crippen LogP contribution in [0.25, 0.3) is 0 Å². The molecule has 0 aromatic heterocycles. The molecule has 0 fully saturated rings. The van der Waals surface area contributed by atoms with Gasteiger partial charge in [0.1, 0.15) is 6.61 Å². The minimum absolute atomic E-state index is 0. The van der Waals surface area contributed by atoms with Gasteiger partial charge in [-0.3, -0.25) is 0 Å². The SMILES string of the molecule is CCCCCCCCCc1ccc(O[P+](=O)OCC(CC)CCCC)cc1.[Cr]. The van der Waals surface area contributed by atoms with Crippen molar-refractivity contribution in [3.63, 3.8) is 0 Å². The predicted octanol–water partition coefficient (Wildman–Crippen LogP) is 8.25. The summed E-state index contributed by atoms with van der Waals surface area (Å²) in [5.74, 6) is 1.10. The molecule has 0 aliphatic carbocycles. The van der Waals surface area contributed by atoms with Crippen molar-refractivity contribution in [1.82, 2.24) is 0 Å². The smallest absolute Gasteiger partial charge is 0.229 e. The van der Waals surface area contributed by atoms with E-state index in [1.54, 1.807) is 0 Å². The molecule has 2 unspecified atom stereocenters.